The highest BCUT2D eigenvalue weighted by molar-refractivity contribution is 5.94. The lowest BCUT2D eigenvalue weighted by Crippen LogP contribution is -2.35. The first-order valence-electron chi connectivity index (χ1n) is 7.96. The lowest BCUT2D eigenvalue weighted by atomic mass is 10.2. The molecular weight excluding hydrogens is 325 g/mol. The van der Waals surface area contributed by atoms with Crippen LogP contribution in [0.4, 0.5) is 10.2 Å². The molecule has 0 bridgehead atoms. The number of anilines is 1. The first kappa shape index (κ1) is 16.8. The lowest BCUT2D eigenvalue weighted by molar-refractivity contribution is 0.0766. The Hall–Kier alpha value is -3.03. The van der Waals surface area contributed by atoms with Gasteiger partial charge >= 0.3 is 0 Å². The standard InChI is InChI=1S/C17H18FN5O2/c18-13-4-1-3-12(9-13)17(25)23-6-2-5-22(7-8-23)15-11-20-10-14(21-15)16(19)24/h1,3-4,9-11H,2,5-8H2,(H2,19,24). The minimum atomic E-state index is -0.632. The molecule has 0 unspecified atom stereocenters. The van der Waals surface area contributed by atoms with Crippen molar-refractivity contribution in [3.63, 3.8) is 0 Å². The molecule has 130 valence electrons. The Labute approximate surface area is 144 Å². The van der Waals surface area contributed by atoms with Crippen molar-refractivity contribution < 1.29 is 14.0 Å². The fourth-order valence-electron chi connectivity index (χ4n) is 2.78. The van der Waals surface area contributed by atoms with Crippen LogP contribution in [0.25, 0.3) is 0 Å². The molecule has 0 spiro atoms. The zero-order valence-electron chi connectivity index (χ0n) is 13.6. The number of nitrogens with two attached hydrogens (primary N) is 1. The van der Waals surface area contributed by atoms with Gasteiger partial charge in [0.25, 0.3) is 11.8 Å². The number of halogens is 1. The first-order valence-corrected chi connectivity index (χ1v) is 7.96. The molecule has 1 aliphatic rings. The van der Waals surface area contributed by atoms with Crippen LogP contribution < -0.4 is 10.6 Å². The molecule has 2 aromatic rings. The molecule has 1 saturated heterocycles. The topological polar surface area (TPSA) is 92.4 Å². The second-order valence-corrected chi connectivity index (χ2v) is 5.77. The first-order chi connectivity index (χ1) is 12.0. The Morgan fingerprint density at radius 2 is 1.96 bits per heavy atom. The van der Waals surface area contributed by atoms with E-state index in [4.69, 9.17) is 5.73 Å². The molecule has 3 rings (SSSR count). The van der Waals surface area contributed by atoms with Gasteiger partial charge in [-0.3, -0.25) is 14.6 Å². The molecule has 0 atom stereocenters. The maximum absolute atomic E-state index is 13.3. The maximum Gasteiger partial charge on any atom is 0.268 e. The molecule has 1 aromatic carbocycles. The Morgan fingerprint density at radius 1 is 1.12 bits per heavy atom. The van der Waals surface area contributed by atoms with Gasteiger partial charge in [0.2, 0.25) is 0 Å². The van der Waals surface area contributed by atoms with Gasteiger partial charge in [0.05, 0.1) is 12.4 Å². The summed E-state index contributed by atoms with van der Waals surface area (Å²) < 4.78 is 13.3. The SMILES string of the molecule is NC(=O)c1cncc(N2CCCN(C(=O)c3cccc(F)c3)CC2)n1. The third-order valence-electron chi connectivity index (χ3n) is 4.05. The van der Waals surface area contributed by atoms with Gasteiger partial charge in [0.15, 0.2) is 0 Å². The van der Waals surface area contributed by atoms with E-state index in [2.05, 4.69) is 9.97 Å². The fraction of sp³-hybridized carbons (Fsp3) is 0.294. The van der Waals surface area contributed by atoms with Crippen molar-refractivity contribution in [1.29, 1.82) is 0 Å². The molecule has 0 radical (unpaired) electrons. The number of rotatable bonds is 3. The third kappa shape index (κ3) is 3.90. The van der Waals surface area contributed by atoms with Gasteiger partial charge in [-0.25, -0.2) is 9.37 Å². The number of carbonyl (C=O) groups excluding carboxylic acids is 2. The molecule has 2 N–H and O–H groups in total. The number of hydrogen-bond donors (Lipinski definition) is 1. The summed E-state index contributed by atoms with van der Waals surface area (Å²) in [6, 6.07) is 5.69. The molecule has 1 aromatic heterocycles. The van der Waals surface area contributed by atoms with Crippen molar-refractivity contribution in [2.45, 2.75) is 6.42 Å². The molecule has 1 aliphatic heterocycles. The van der Waals surface area contributed by atoms with Crippen molar-refractivity contribution in [2.24, 2.45) is 5.73 Å². The van der Waals surface area contributed by atoms with E-state index in [0.717, 1.165) is 6.42 Å². The summed E-state index contributed by atoms with van der Waals surface area (Å²) in [4.78, 5) is 35.7. The van der Waals surface area contributed by atoms with Gasteiger partial charge in [-0.1, -0.05) is 6.07 Å². The molecule has 8 heteroatoms. The van der Waals surface area contributed by atoms with E-state index in [0.29, 0.717) is 37.6 Å². The van der Waals surface area contributed by atoms with Crippen LogP contribution in [0, 0.1) is 5.82 Å². The Kier molecular flexibility index (Phi) is 4.87. The van der Waals surface area contributed by atoms with E-state index in [1.54, 1.807) is 17.2 Å². The Bertz CT molecular complexity index is 798. The number of nitrogens with zero attached hydrogens (tertiary/aromatic N) is 4. The average Bonchev–Trinajstić information content (AvgIpc) is 2.87. The predicted octanol–water partition coefficient (Wildman–Crippen LogP) is 1.07. The summed E-state index contributed by atoms with van der Waals surface area (Å²) in [6.45, 7) is 2.24. The number of carbonyl (C=O) groups is 2. The fourth-order valence-corrected chi connectivity index (χ4v) is 2.78. The van der Waals surface area contributed by atoms with E-state index in [9.17, 15) is 14.0 Å². The minimum absolute atomic E-state index is 0.106. The summed E-state index contributed by atoms with van der Waals surface area (Å²) in [5.41, 5.74) is 5.68. The number of amides is 2. The van der Waals surface area contributed by atoms with Crippen LogP contribution in [-0.4, -0.2) is 52.9 Å². The lowest BCUT2D eigenvalue weighted by Gasteiger charge is -2.23. The van der Waals surface area contributed by atoms with Gasteiger partial charge in [-0.2, -0.15) is 0 Å². The van der Waals surface area contributed by atoms with Crippen LogP contribution in [0.1, 0.15) is 27.3 Å². The van der Waals surface area contributed by atoms with E-state index in [-0.39, 0.29) is 11.6 Å². The van der Waals surface area contributed by atoms with Crippen LogP contribution in [0.2, 0.25) is 0 Å². The van der Waals surface area contributed by atoms with Crippen molar-refractivity contribution >= 4 is 17.6 Å². The largest absolute Gasteiger partial charge is 0.364 e. The van der Waals surface area contributed by atoms with Crippen molar-refractivity contribution in [1.82, 2.24) is 14.9 Å². The van der Waals surface area contributed by atoms with Crippen LogP contribution in [0.5, 0.6) is 0 Å². The van der Waals surface area contributed by atoms with E-state index in [1.165, 1.54) is 24.4 Å². The number of benzene rings is 1. The second-order valence-electron chi connectivity index (χ2n) is 5.77. The van der Waals surface area contributed by atoms with Crippen molar-refractivity contribution in [3.05, 3.63) is 53.7 Å². The second kappa shape index (κ2) is 7.25. The summed E-state index contributed by atoms with van der Waals surface area (Å²) in [5.74, 6) is -0.706. The predicted molar refractivity (Wildman–Crippen MR) is 89.7 cm³/mol. The highest BCUT2D eigenvalue weighted by Crippen LogP contribution is 2.15. The van der Waals surface area contributed by atoms with E-state index >= 15 is 0 Å². The van der Waals surface area contributed by atoms with Gasteiger partial charge < -0.3 is 15.5 Å². The highest BCUT2D eigenvalue weighted by Gasteiger charge is 2.21. The van der Waals surface area contributed by atoms with Crippen LogP contribution in [-0.2, 0) is 0 Å². The normalized spacial score (nSPS) is 14.9. The minimum Gasteiger partial charge on any atom is -0.364 e. The van der Waals surface area contributed by atoms with Crippen LogP contribution in [0.3, 0.4) is 0 Å². The smallest absolute Gasteiger partial charge is 0.268 e. The average molecular weight is 343 g/mol. The summed E-state index contributed by atoms with van der Waals surface area (Å²) in [7, 11) is 0. The molecule has 2 amide bonds. The zero-order valence-corrected chi connectivity index (χ0v) is 13.6. The number of primary amides is 1. The van der Waals surface area contributed by atoms with Crippen LogP contribution in [0.15, 0.2) is 36.7 Å². The molecule has 0 aliphatic carbocycles. The summed E-state index contributed by atoms with van der Waals surface area (Å²) >= 11 is 0. The highest BCUT2D eigenvalue weighted by atomic mass is 19.1. The quantitative estimate of drug-likeness (QED) is 0.900. The molecule has 7 nitrogen and oxygen atoms in total. The summed E-state index contributed by atoms with van der Waals surface area (Å²) in [5, 5.41) is 0. The Balaban J connectivity index is 1.71. The zero-order chi connectivity index (χ0) is 17.8. The van der Waals surface area contributed by atoms with Crippen molar-refractivity contribution in [3.8, 4) is 0 Å². The van der Waals surface area contributed by atoms with Gasteiger partial charge in [0.1, 0.15) is 17.3 Å². The number of aromatic nitrogens is 2. The molecule has 1 fully saturated rings. The molecule has 25 heavy (non-hydrogen) atoms. The molecule has 2 heterocycles. The van der Waals surface area contributed by atoms with Crippen LogP contribution >= 0.6 is 0 Å². The maximum atomic E-state index is 13.3. The van der Waals surface area contributed by atoms with Gasteiger partial charge in [0, 0.05) is 31.7 Å². The van der Waals surface area contributed by atoms with E-state index < -0.39 is 11.7 Å². The molecule has 0 saturated carbocycles. The molecular formula is C17H18FN5O2. The van der Waals surface area contributed by atoms with Gasteiger partial charge in [-0.15, -0.1) is 0 Å². The van der Waals surface area contributed by atoms with E-state index in [1.807, 2.05) is 4.90 Å². The van der Waals surface area contributed by atoms with Crippen molar-refractivity contribution in [2.75, 3.05) is 31.1 Å². The monoisotopic (exact) mass is 343 g/mol. The third-order valence-corrected chi connectivity index (χ3v) is 4.05. The summed E-state index contributed by atoms with van der Waals surface area (Å²) in [6.07, 6.45) is 3.61. The Morgan fingerprint density at radius 3 is 2.72 bits per heavy atom. The van der Waals surface area contributed by atoms with Gasteiger partial charge in [-0.05, 0) is 24.6 Å². The number of hydrogen-bond acceptors (Lipinski definition) is 5.